The molecule has 0 saturated carbocycles. The van der Waals surface area contributed by atoms with E-state index in [9.17, 15) is 22.4 Å². The maximum Gasteiger partial charge on any atom is 0.431 e. The minimum absolute atomic E-state index is 0.00696. The van der Waals surface area contributed by atoms with E-state index in [4.69, 9.17) is 16.3 Å². The number of hydrogen-bond donors (Lipinski definition) is 0. The van der Waals surface area contributed by atoms with Gasteiger partial charge in [-0.2, -0.15) is 13.2 Å². The predicted octanol–water partition coefficient (Wildman–Crippen LogP) is 3.87. The van der Waals surface area contributed by atoms with Gasteiger partial charge in [0.25, 0.3) is 5.56 Å². The molecule has 118 valence electrons. The third-order valence-electron chi connectivity index (χ3n) is 3.13. The second-order valence-corrected chi connectivity index (χ2v) is 4.87. The van der Waals surface area contributed by atoms with Crippen LogP contribution in [0.1, 0.15) is 5.69 Å². The molecule has 0 aliphatic rings. The van der Waals surface area contributed by atoms with Crippen LogP contribution in [0.4, 0.5) is 17.6 Å². The molecule has 3 nitrogen and oxygen atoms in total. The summed E-state index contributed by atoms with van der Waals surface area (Å²) >= 11 is 5.75. The first kappa shape index (κ1) is 16.4. The zero-order valence-electron chi connectivity index (χ0n) is 11.5. The van der Waals surface area contributed by atoms with E-state index in [0.29, 0.717) is 4.57 Å². The highest BCUT2D eigenvalue weighted by Crippen LogP contribution is 2.33. The Labute approximate surface area is 127 Å². The molecule has 0 bridgehead atoms. The molecule has 22 heavy (non-hydrogen) atoms. The Balaban J connectivity index is 2.70. The zero-order valence-corrected chi connectivity index (χ0v) is 12.2. The Hall–Kier alpha value is -2.02. The van der Waals surface area contributed by atoms with Gasteiger partial charge < -0.3 is 9.30 Å². The average molecular weight is 336 g/mol. The van der Waals surface area contributed by atoms with E-state index in [-0.39, 0.29) is 21.9 Å². The van der Waals surface area contributed by atoms with Crippen LogP contribution in [0.2, 0.25) is 5.02 Å². The molecule has 8 heteroatoms. The number of alkyl halides is 3. The fourth-order valence-corrected chi connectivity index (χ4v) is 2.24. The van der Waals surface area contributed by atoms with Gasteiger partial charge in [0, 0.05) is 12.6 Å². The molecule has 0 atom stereocenters. The van der Waals surface area contributed by atoms with Crippen molar-refractivity contribution < 1.29 is 22.3 Å². The Morgan fingerprint density at radius 3 is 2.36 bits per heavy atom. The predicted molar refractivity (Wildman–Crippen MR) is 73.6 cm³/mol. The van der Waals surface area contributed by atoms with E-state index >= 15 is 0 Å². The van der Waals surface area contributed by atoms with Crippen molar-refractivity contribution in [2.75, 3.05) is 7.11 Å². The van der Waals surface area contributed by atoms with Gasteiger partial charge >= 0.3 is 6.18 Å². The van der Waals surface area contributed by atoms with Gasteiger partial charge in [-0.3, -0.25) is 4.79 Å². The summed E-state index contributed by atoms with van der Waals surface area (Å²) in [6.07, 6.45) is -4.68. The van der Waals surface area contributed by atoms with Gasteiger partial charge in [-0.1, -0.05) is 11.6 Å². The monoisotopic (exact) mass is 335 g/mol. The summed E-state index contributed by atoms with van der Waals surface area (Å²) in [7, 11) is 2.27. The number of rotatable bonds is 2. The quantitative estimate of drug-likeness (QED) is 0.780. The van der Waals surface area contributed by atoms with Crippen LogP contribution in [-0.4, -0.2) is 11.7 Å². The third-order valence-corrected chi connectivity index (χ3v) is 3.42. The fourth-order valence-electron chi connectivity index (χ4n) is 2.02. The van der Waals surface area contributed by atoms with E-state index < -0.39 is 23.2 Å². The smallest absolute Gasteiger partial charge is 0.431 e. The summed E-state index contributed by atoms with van der Waals surface area (Å²) in [5.41, 5.74) is -2.50. The SMILES string of the molecule is COc1cc(-c2ccc(C(F)(F)F)n(C)c2=O)c(F)cc1Cl. The lowest BCUT2D eigenvalue weighted by Crippen LogP contribution is -2.26. The summed E-state index contributed by atoms with van der Waals surface area (Å²) in [6, 6.07) is 3.75. The second kappa shape index (κ2) is 5.64. The molecular weight excluding hydrogens is 326 g/mol. The van der Waals surface area contributed by atoms with Crippen LogP contribution in [0.15, 0.2) is 29.1 Å². The van der Waals surface area contributed by atoms with Crippen molar-refractivity contribution in [1.82, 2.24) is 4.57 Å². The first-order chi connectivity index (χ1) is 10.2. The third kappa shape index (κ3) is 2.81. The van der Waals surface area contributed by atoms with Crippen LogP contribution in [0, 0.1) is 5.82 Å². The summed E-state index contributed by atoms with van der Waals surface area (Å²) in [5, 5.41) is -0.00696. The standard InChI is InChI=1S/C14H10ClF4NO2/c1-20-12(14(17,18)19)4-3-7(13(20)21)8-5-11(22-2)9(15)6-10(8)16/h3-6H,1-2H3. The molecule has 2 rings (SSSR count). The fraction of sp³-hybridized carbons (Fsp3) is 0.214. The van der Waals surface area contributed by atoms with Gasteiger partial charge in [-0.15, -0.1) is 0 Å². The van der Waals surface area contributed by atoms with Crippen molar-refractivity contribution in [3.05, 3.63) is 51.2 Å². The van der Waals surface area contributed by atoms with Gasteiger partial charge in [0.1, 0.15) is 17.3 Å². The Kier molecular flexibility index (Phi) is 4.19. The van der Waals surface area contributed by atoms with Gasteiger partial charge in [-0.25, -0.2) is 4.39 Å². The molecule has 0 aliphatic heterocycles. The molecule has 0 unspecified atom stereocenters. The molecule has 1 heterocycles. The Morgan fingerprint density at radius 1 is 1.18 bits per heavy atom. The topological polar surface area (TPSA) is 31.2 Å². The van der Waals surface area contributed by atoms with E-state index in [0.717, 1.165) is 25.2 Å². The first-order valence-corrected chi connectivity index (χ1v) is 6.35. The Bertz CT molecular complexity index is 784. The lowest BCUT2D eigenvalue weighted by Gasteiger charge is -2.14. The molecule has 0 radical (unpaired) electrons. The number of methoxy groups -OCH3 is 1. The molecule has 0 saturated heterocycles. The Morgan fingerprint density at radius 2 is 1.82 bits per heavy atom. The van der Waals surface area contributed by atoms with Crippen molar-refractivity contribution in [2.24, 2.45) is 7.05 Å². The zero-order chi connectivity index (χ0) is 16.7. The summed E-state index contributed by atoms with van der Waals surface area (Å²) < 4.78 is 57.6. The number of aromatic nitrogens is 1. The molecule has 0 aliphatic carbocycles. The van der Waals surface area contributed by atoms with Gasteiger partial charge in [0.15, 0.2) is 0 Å². The van der Waals surface area contributed by atoms with Crippen molar-refractivity contribution in [3.8, 4) is 16.9 Å². The molecular formula is C14H10ClF4NO2. The lowest BCUT2D eigenvalue weighted by molar-refractivity contribution is -0.143. The van der Waals surface area contributed by atoms with Gasteiger partial charge in [0.2, 0.25) is 0 Å². The maximum atomic E-state index is 14.0. The number of hydrogen-bond acceptors (Lipinski definition) is 2. The van der Waals surface area contributed by atoms with Crippen LogP contribution < -0.4 is 10.3 Å². The summed E-state index contributed by atoms with van der Waals surface area (Å²) in [5.74, 6) is -0.720. The van der Waals surface area contributed by atoms with Crippen LogP contribution in [0.3, 0.4) is 0 Å². The first-order valence-electron chi connectivity index (χ1n) is 5.97. The van der Waals surface area contributed by atoms with Gasteiger partial charge in [0.05, 0.1) is 17.7 Å². The van der Waals surface area contributed by atoms with Crippen molar-refractivity contribution in [3.63, 3.8) is 0 Å². The largest absolute Gasteiger partial charge is 0.495 e. The minimum Gasteiger partial charge on any atom is -0.495 e. The highest BCUT2D eigenvalue weighted by atomic mass is 35.5. The molecule has 2 aromatic rings. The summed E-state index contributed by atoms with van der Waals surface area (Å²) in [4.78, 5) is 12.1. The number of halogens is 5. The van der Waals surface area contributed by atoms with E-state index in [1.807, 2.05) is 0 Å². The molecule has 1 aromatic heterocycles. The number of benzene rings is 1. The van der Waals surface area contributed by atoms with E-state index in [1.165, 1.54) is 13.2 Å². The van der Waals surface area contributed by atoms with Crippen LogP contribution in [-0.2, 0) is 13.2 Å². The number of ether oxygens (including phenoxy) is 1. The van der Waals surface area contributed by atoms with E-state index in [1.54, 1.807) is 0 Å². The molecule has 1 aromatic carbocycles. The van der Waals surface area contributed by atoms with Crippen molar-refractivity contribution >= 4 is 11.6 Å². The van der Waals surface area contributed by atoms with Crippen molar-refractivity contribution in [1.29, 1.82) is 0 Å². The van der Waals surface area contributed by atoms with Crippen LogP contribution in [0.25, 0.3) is 11.1 Å². The molecule has 0 N–H and O–H groups in total. The summed E-state index contributed by atoms with van der Waals surface area (Å²) in [6.45, 7) is 0. The number of nitrogens with zero attached hydrogens (tertiary/aromatic N) is 1. The molecule has 0 amide bonds. The van der Waals surface area contributed by atoms with Crippen LogP contribution >= 0.6 is 11.6 Å². The van der Waals surface area contributed by atoms with Crippen molar-refractivity contribution in [2.45, 2.75) is 6.18 Å². The highest BCUT2D eigenvalue weighted by Gasteiger charge is 2.34. The number of pyridine rings is 1. The minimum atomic E-state index is -4.68. The average Bonchev–Trinajstić information content (AvgIpc) is 2.41. The molecule has 0 spiro atoms. The normalized spacial score (nSPS) is 11.6. The van der Waals surface area contributed by atoms with Gasteiger partial charge in [-0.05, 0) is 24.3 Å². The van der Waals surface area contributed by atoms with E-state index in [2.05, 4.69) is 0 Å². The maximum absolute atomic E-state index is 14.0. The van der Waals surface area contributed by atoms with Crippen LogP contribution in [0.5, 0.6) is 5.75 Å². The second-order valence-electron chi connectivity index (χ2n) is 4.46. The lowest BCUT2D eigenvalue weighted by atomic mass is 10.1. The highest BCUT2D eigenvalue weighted by molar-refractivity contribution is 6.32. The molecule has 0 fully saturated rings.